The summed E-state index contributed by atoms with van der Waals surface area (Å²) in [5, 5.41) is 11.0. The minimum Gasteiger partial charge on any atom is -0.494 e. The fourth-order valence-corrected chi connectivity index (χ4v) is 2.42. The number of fused-ring (bicyclic) bond motifs is 1. The molecular weight excluding hydrogens is 278 g/mol. The van der Waals surface area contributed by atoms with Crippen molar-refractivity contribution >= 4 is 28.7 Å². The quantitative estimate of drug-likeness (QED) is 0.648. The lowest BCUT2D eigenvalue weighted by atomic mass is 10.1. The van der Waals surface area contributed by atoms with Gasteiger partial charge in [-0.05, 0) is 42.8 Å². The number of carbonyl (C=O) groups excluding carboxylic acids is 1. The number of nitrogens with one attached hydrogen (secondary N) is 1. The highest BCUT2D eigenvalue weighted by atomic mass is 16.3. The zero-order valence-electron chi connectivity index (χ0n) is 12.0. The van der Waals surface area contributed by atoms with E-state index in [1.807, 2.05) is 25.1 Å². The molecule has 0 radical (unpaired) electrons. The lowest BCUT2D eigenvalue weighted by Crippen LogP contribution is -2.10. The van der Waals surface area contributed by atoms with E-state index < -0.39 is 5.91 Å². The Morgan fingerprint density at radius 1 is 1.23 bits per heavy atom. The van der Waals surface area contributed by atoms with Crippen molar-refractivity contribution < 1.29 is 9.90 Å². The van der Waals surface area contributed by atoms with Crippen LogP contribution in [0.15, 0.2) is 47.5 Å². The number of benzene rings is 2. The number of aliphatic imine (C=N–C) groups is 1. The van der Waals surface area contributed by atoms with Crippen molar-refractivity contribution in [3.05, 3.63) is 59.2 Å². The van der Waals surface area contributed by atoms with Crippen LogP contribution in [-0.4, -0.2) is 22.2 Å². The second-order valence-electron chi connectivity index (χ2n) is 5.05. The van der Waals surface area contributed by atoms with Gasteiger partial charge in [0.05, 0.1) is 11.3 Å². The van der Waals surface area contributed by atoms with E-state index in [9.17, 15) is 9.90 Å². The molecule has 0 aliphatic heterocycles. The SMILES string of the molecule is Cc1cccc2[nH]c(O)c(C=Nc3ccc(C(N)=O)cc3)c12. The average Bonchev–Trinajstić information content (AvgIpc) is 2.82. The Balaban J connectivity index is 1.99. The maximum Gasteiger partial charge on any atom is 0.248 e. The number of aryl methyl sites for hydroxylation is 1. The molecule has 0 spiro atoms. The molecule has 0 atom stereocenters. The van der Waals surface area contributed by atoms with Gasteiger partial charge in [-0.2, -0.15) is 0 Å². The Labute approximate surface area is 127 Å². The fourth-order valence-electron chi connectivity index (χ4n) is 2.42. The molecular formula is C17H15N3O2. The molecule has 1 heterocycles. The Bertz CT molecular complexity index is 877. The van der Waals surface area contributed by atoms with Crippen molar-refractivity contribution in [2.75, 3.05) is 0 Å². The molecule has 1 amide bonds. The van der Waals surface area contributed by atoms with Crippen molar-refractivity contribution in [2.24, 2.45) is 10.7 Å². The summed E-state index contributed by atoms with van der Waals surface area (Å²) in [4.78, 5) is 18.3. The van der Waals surface area contributed by atoms with Crippen LogP contribution in [0, 0.1) is 6.92 Å². The normalized spacial score (nSPS) is 11.3. The van der Waals surface area contributed by atoms with Crippen LogP contribution >= 0.6 is 0 Å². The summed E-state index contributed by atoms with van der Waals surface area (Å²) in [7, 11) is 0. The maximum atomic E-state index is 11.0. The predicted octanol–water partition coefficient (Wildman–Crippen LogP) is 3.03. The molecule has 5 nitrogen and oxygen atoms in total. The van der Waals surface area contributed by atoms with Gasteiger partial charge in [0.1, 0.15) is 0 Å². The Morgan fingerprint density at radius 2 is 1.95 bits per heavy atom. The van der Waals surface area contributed by atoms with Gasteiger partial charge in [0.25, 0.3) is 0 Å². The van der Waals surface area contributed by atoms with Crippen molar-refractivity contribution in [1.82, 2.24) is 4.98 Å². The number of nitrogens with two attached hydrogens (primary N) is 1. The summed E-state index contributed by atoms with van der Waals surface area (Å²) in [6.07, 6.45) is 1.61. The van der Waals surface area contributed by atoms with Crippen molar-refractivity contribution in [3.8, 4) is 5.88 Å². The zero-order valence-corrected chi connectivity index (χ0v) is 12.0. The highest BCUT2D eigenvalue weighted by Gasteiger charge is 2.10. The lowest BCUT2D eigenvalue weighted by Gasteiger charge is -1.98. The molecule has 2 aromatic carbocycles. The van der Waals surface area contributed by atoms with Gasteiger partial charge in [-0.3, -0.25) is 9.79 Å². The number of H-pyrrole nitrogens is 1. The van der Waals surface area contributed by atoms with Crippen LogP contribution in [0.2, 0.25) is 0 Å². The minimum atomic E-state index is -0.472. The number of aromatic hydroxyl groups is 1. The predicted molar refractivity (Wildman–Crippen MR) is 86.9 cm³/mol. The first kappa shape index (κ1) is 13.9. The molecule has 22 heavy (non-hydrogen) atoms. The van der Waals surface area contributed by atoms with Crippen molar-refractivity contribution in [2.45, 2.75) is 6.92 Å². The van der Waals surface area contributed by atoms with E-state index >= 15 is 0 Å². The molecule has 0 saturated carbocycles. The van der Waals surface area contributed by atoms with Gasteiger partial charge < -0.3 is 15.8 Å². The number of aromatic amines is 1. The first-order valence-corrected chi connectivity index (χ1v) is 6.80. The number of hydrogen-bond donors (Lipinski definition) is 3. The third-order valence-corrected chi connectivity index (χ3v) is 3.54. The molecule has 5 heteroatoms. The summed E-state index contributed by atoms with van der Waals surface area (Å²) >= 11 is 0. The number of amides is 1. The minimum absolute atomic E-state index is 0.0850. The molecule has 0 aliphatic carbocycles. The van der Waals surface area contributed by atoms with E-state index in [4.69, 9.17) is 5.73 Å². The smallest absolute Gasteiger partial charge is 0.248 e. The van der Waals surface area contributed by atoms with Crippen LogP contribution < -0.4 is 5.73 Å². The summed E-state index contributed by atoms with van der Waals surface area (Å²) in [6, 6.07) is 12.5. The van der Waals surface area contributed by atoms with Gasteiger partial charge in [0.15, 0.2) is 5.88 Å². The van der Waals surface area contributed by atoms with Crippen LogP contribution in [0.5, 0.6) is 5.88 Å². The summed E-state index contributed by atoms with van der Waals surface area (Å²) in [5.41, 5.74) is 8.87. The van der Waals surface area contributed by atoms with Gasteiger partial charge in [0, 0.05) is 22.7 Å². The molecule has 4 N–H and O–H groups in total. The van der Waals surface area contributed by atoms with Crippen molar-refractivity contribution in [1.29, 1.82) is 0 Å². The molecule has 0 unspecified atom stereocenters. The second-order valence-corrected chi connectivity index (χ2v) is 5.05. The molecule has 1 aromatic heterocycles. The summed E-state index contributed by atoms with van der Waals surface area (Å²) in [6.45, 7) is 1.98. The number of aromatic nitrogens is 1. The number of hydrogen-bond acceptors (Lipinski definition) is 3. The lowest BCUT2D eigenvalue weighted by molar-refractivity contribution is 0.100. The van der Waals surface area contributed by atoms with Gasteiger partial charge in [-0.1, -0.05) is 12.1 Å². The zero-order chi connectivity index (χ0) is 15.7. The van der Waals surface area contributed by atoms with Crippen molar-refractivity contribution in [3.63, 3.8) is 0 Å². The van der Waals surface area contributed by atoms with Gasteiger partial charge in [0.2, 0.25) is 5.91 Å². The first-order valence-electron chi connectivity index (χ1n) is 6.80. The third-order valence-electron chi connectivity index (χ3n) is 3.54. The summed E-state index contributed by atoms with van der Waals surface area (Å²) in [5.74, 6) is -0.387. The number of rotatable bonds is 3. The van der Waals surface area contributed by atoms with Crippen LogP contribution in [0.1, 0.15) is 21.5 Å². The number of primary amides is 1. The van der Waals surface area contributed by atoms with E-state index in [1.165, 1.54) is 0 Å². The maximum absolute atomic E-state index is 11.0. The van der Waals surface area contributed by atoms with Gasteiger partial charge in [-0.15, -0.1) is 0 Å². The van der Waals surface area contributed by atoms with Crippen LogP contribution in [0.4, 0.5) is 5.69 Å². The number of nitrogens with zero attached hydrogens (tertiary/aromatic N) is 1. The van der Waals surface area contributed by atoms with E-state index in [1.54, 1.807) is 30.5 Å². The van der Waals surface area contributed by atoms with Crippen LogP contribution in [0.25, 0.3) is 10.9 Å². The van der Waals surface area contributed by atoms with E-state index in [0.717, 1.165) is 16.5 Å². The Hall–Kier alpha value is -3.08. The Kier molecular flexibility index (Phi) is 3.39. The van der Waals surface area contributed by atoms with Crippen LogP contribution in [0.3, 0.4) is 0 Å². The molecule has 0 fully saturated rings. The Morgan fingerprint density at radius 3 is 2.64 bits per heavy atom. The second kappa shape index (κ2) is 5.37. The highest BCUT2D eigenvalue weighted by Crippen LogP contribution is 2.28. The van der Waals surface area contributed by atoms with E-state index in [0.29, 0.717) is 16.8 Å². The number of carbonyl (C=O) groups is 1. The monoisotopic (exact) mass is 293 g/mol. The largest absolute Gasteiger partial charge is 0.494 e. The molecule has 3 aromatic rings. The molecule has 3 rings (SSSR count). The average molecular weight is 293 g/mol. The highest BCUT2D eigenvalue weighted by molar-refractivity contribution is 6.04. The molecule has 0 saturated heterocycles. The van der Waals surface area contributed by atoms with Gasteiger partial charge >= 0.3 is 0 Å². The summed E-state index contributed by atoms with van der Waals surface area (Å²) < 4.78 is 0. The molecule has 0 bridgehead atoms. The molecule has 0 aliphatic rings. The first-order chi connectivity index (χ1) is 10.6. The van der Waals surface area contributed by atoms with Crippen LogP contribution in [-0.2, 0) is 0 Å². The third kappa shape index (κ3) is 2.44. The topological polar surface area (TPSA) is 91.5 Å². The molecule has 110 valence electrons. The van der Waals surface area contributed by atoms with Gasteiger partial charge in [-0.25, -0.2) is 0 Å². The fraction of sp³-hybridized carbons (Fsp3) is 0.0588. The standard InChI is InChI=1S/C17H15N3O2/c1-10-3-2-4-14-15(10)13(17(22)20-14)9-19-12-7-5-11(6-8-12)16(18)21/h2-9,20,22H,1H3,(H2,18,21). The van der Waals surface area contributed by atoms with E-state index in [2.05, 4.69) is 9.98 Å². The van der Waals surface area contributed by atoms with E-state index in [-0.39, 0.29) is 5.88 Å².